The van der Waals surface area contributed by atoms with Crippen LogP contribution in [-0.4, -0.2) is 61.7 Å². The van der Waals surface area contributed by atoms with Crippen LogP contribution in [-0.2, 0) is 22.9 Å². The van der Waals surface area contributed by atoms with E-state index in [0.29, 0.717) is 19.4 Å². The highest BCUT2D eigenvalue weighted by Crippen LogP contribution is 2.33. The van der Waals surface area contributed by atoms with Crippen molar-refractivity contribution in [2.75, 3.05) is 19.3 Å². The lowest BCUT2D eigenvalue weighted by molar-refractivity contribution is 0.0763. The normalized spacial score (nSPS) is 26.0. The van der Waals surface area contributed by atoms with Crippen molar-refractivity contribution in [3.05, 3.63) is 59.7 Å². The van der Waals surface area contributed by atoms with Crippen LogP contribution in [0, 0.1) is 0 Å². The fraction of sp³-hybridized carbons (Fsp3) is 0.458. The van der Waals surface area contributed by atoms with E-state index in [1.54, 1.807) is 0 Å². The number of hydrogen-bond acceptors (Lipinski definition) is 3. The second kappa shape index (κ2) is 7.95. The van der Waals surface area contributed by atoms with Gasteiger partial charge >= 0.3 is 6.03 Å². The topological polar surface area (TPSA) is 69.7 Å². The molecule has 2 aromatic carbocycles. The Morgan fingerprint density at radius 2 is 1.77 bits per heavy atom. The summed E-state index contributed by atoms with van der Waals surface area (Å²) in [5.41, 5.74) is 4.86. The third kappa shape index (κ3) is 4.08. The Kier molecular flexibility index (Phi) is 5.26. The first-order valence-electron chi connectivity index (χ1n) is 11.1. The molecular weight excluding hydrogens is 410 g/mol. The zero-order valence-electron chi connectivity index (χ0n) is 17.8. The van der Waals surface area contributed by atoms with Gasteiger partial charge in [-0.2, -0.15) is 0 Å². The van der Waals surface area contributed by atoms with Gasteiger partial charge in [-0.05, 0) is 54.4 Å². The Morgan fingerprint density at radius 3 is 2.55 bits per heavy atom. The molecular formula is C24H29N3O3S. The molecule has 2 saturated heterocycles. The molecule has 2 bridgehead atoms. The zero-order valence-corrected chi connectivity index (χ0v) is 18.6. The molecule has 3 heterocycles. The van der Waals surface area contributed by atoms with Crippen LogP contribution in [0.1, 0.15) is 30.4 Å². The second-order valence-electron chi connectivity index (χ2n) is 9.06. The summed E-state index contributed by atoms with van der Waals surface area (Å²) in [6, 6.07) is 16.9. The summed E-state index contributed by atoms with van der Waals surface area (Å²) >= 11 is 0. The van der Waals surface area contributed by atoms with Crippen molar-refractivity contribution in [1.29, 1.82) is 0 Å². The summed E-state index contributed by atoms with van der Waals surface area (Å²) in [5.74, 6) is 0. The minimum absolute atomic E-state index is 0.0581. The molecule has 2 fully saturated rings. The molecule has 3 unspecified atom stereocenters. The Morgan fingerprint density at radius 1 is 0.968 bits per heavy atom. The lowest BCUT2D eigenvalue weighted by atomic mass is 9.91. The molecule has 0 aromatic heterocycles. The van der Waals surface area contributed by atoms with Crippen LogP contribution >= 0.6 is 0 Å². The summed E-state index contributed by atoms with van der Waals surface area (Å²) in [5, 5.41) is 0. The van der Waals surface area contributed by atoms with Crippen LogP contribution in [0.25, 0.3) is 11.1 Å². The van der Waals surface area contributed by atoms with E-state index in [9.17, 15) is 13.2 Å². The van der Waals surface area contributed by atoms with E-state index < -0.39 is 10.0 Å². The molecule has 5 rings (SSSR count). The number of urea groups is 1. The van der Waals surface area contributed by atoms with Gasteiger partial charge in [-0.25, -0.2) is 17.9 Å². The van der Waals surface area contributed by atoms with Crippen molar-refractivity contribution in [3.63, 3.8) is 0 Å². The van der Waals surface area contributed by atoms with Crippen molar-refractivity contribution < 1.29 is 13.2 Å². The number of carbonyl (C=O) groups is 1. The quantitative estimate of drug-likeness (QED) is 0.782. The third-order valence-electron chi connectivity index (χ3n) is 6.99. The van der Waals surface area contributed by atoms with Crippen molar-refractivity contribution in [3.8, 4) is 11.1 Å². The summed E-state index contributed by atoms with van der Waals surface area (Å²) < 4.78 is 26.8. The van der Waals surface area contributed by atoms with Gasteiger partial charge < -0.3 is 9.80 Å². The number of nitrogens with zero attached hydrogens (tertiary/aromatic N) is 2. The summed E-state index contributed by atoms with van der Waals surface area (Å²) in [6.45, 7) is 1.37. The van der Waals surface area contributed by atoms with Gasteiger partial charge in [0.25, 0.3) is 0 Å². The summed E-state index contributed by atoms with van der Waals surface area (Å²) in [7, 11) is -3.35. The maximum Gasteiger partial charge on any atom is 0.320 e. The van der Waals surface area contributed by atoms with Crippen LogP contribution < -0.4 is 4.72 Å². The average molecular weight is 440 g/mol. The molecule has 31 heavy (non-hydrogen) atoms. The highest BCUT2D eigenvalue weighted by molar-refractivity contribution is 7.88. The van der Waals surface area contributed by atoms with Gasteiger partial charge in [0.1, 0.15) is 0 Å². The Hall–Kier alpha value is -2.38. The van der Waals surface area contributed by atoms with E-state index in [1.807, 2.05) is 9.80 Å². The molecule has 0 spiro atoms. The highest BCUT2D eigenvalue weighted by Gasteiger charge is 2.43. The first-order valence-corrected chi connectivity index (χ1v) is 13.0. The van der Waals surface area contributed by atoms with Gasteiger partial charge in [0.05, 0.1) is 12.3 Å². The molecule has 2 amide bonds. The van der Waals surface area contributed by atoms with Gasteiger partial charge in [0.15, 0.2) is 0 Å². The molecule has 0 radical (unpaired) electrons. The Labute approximate surface area is 184 Å². The van der Waals surface area contributed by atoms with Crippen LogP contribution in [0.3, 0.4) is 0 Å². The molecule has 0 aliphatic carbocycles. The molecule has 3 aliphatic rings. The van der Waals surface area contributed by atoms with E-state index in [2.05, 4.69) is 53.3 Å². The SMILES string of the molecule is CS(=O)(=O)NC1CCN2C(=O)N3CCC3CCc3ccccc3-c3cccc(c3)CC12. The van der Waals surface area contributed by atoms with E-state index in [-0.39, 0.29) is 24.2 Å². The number of hydrogen-bond donors (Lipinski definition) is 1. The maximum atomic E-state index is 13.4. The number of amides is 2. The number of fused-ring (bicyclic) bond motifs is 6. The smallest absolute Gasteiger partial charge is 0.320 e. The monoisotopic (exact) mass is 439 g/mol. The molecule has 0 saturated carbocycles. The second-order valence-corrected chi connectivity index (χ2v) is 10.8. The third-order valence-corrected chi connectivity index (χ3v) is 7.72. The molecule has 3 aliphatic heterocycles. The standard InChI is InChI=1S/C24H29N3O3S/c1-31(29,30)25-22-12-14-27-23(22)16-17-5-4-7-19(15-17)21-8-3-2-6-18(21)9-10-20-11-13-26(20)24(27)28/h2-8,15,20,22-23,25H,9-14,16H2,1H3. The lowest BCUT2D eigenvalue weighted by Crippen LogP contribution is -2.58. The van der Waals surface area contributed by atoms with Crippen molar-refractivity contribution >= 4 is 16.1 Å². The van der Waals surface area contributed by atoms with Crippen LogP contribution in [0.2, 0.25) is 0 Å². The molecule has 3 atom stereocenters. The highest BCUT2D eigenvalue weighted by atomic mass is 32.2. The number of aryl methyl sites for hydroxylation is 1. The molecule has 1 N–H and O–H groups in total. The van der Waals surface area contributed by atoms with Crippen molar-refractivity contribution in [1.82, 2.24) is 14.5 Å². The first-order chi connectivity index (χ1) is 14.9. The molecule has 7 heteroatoms. The molecule has 6 nitrogen and oxygen atoms in total. The average Bonchev–Trinajstić information content (AvgIpc) is 3.08. The summed E-state index contributed by atoms with van der Waals surface area (Å²) in [4.78, 5) is 17.3. The van der Waals surface area contributed by atoms with E-state index in [0.717, 1.165) is 31.4 Å². The number of sulfonamides is 1. The van der Waals surface area contributed by atoms with Gasteiger partial charge in [-0.1, -0.05) is 48.5 Å². The number of carbonyl (C=O) groups excluding carboxylic acids is 1. The maximum absolute atomic E-state index is 13.4. The number of nitrogens with one attached hydrogen (secondary N) is 1. The Bertz CT molecular complexity index is 1100. The summed E-state index contributed by atoms with van der Waals surface area (Å²) in [6.07, 6.45) is 5.39. The molecule has 2 aromatic rings. The fourth-order valence-corrected chi connectivity index (χ4v) is 6.19. The van der Waals surface area contributed by atoms with Crippen molar-refractivity contribution in [2.24, 2.45) is 0 Å². The minimum Gasteiger partial charge on any atom is -0.322 e. The predicted molar refractivity (Wildman–Crippen MR) is 121 cm³/mol. The van der Waals surface area contributed by atoms with Crippen LogP contribution in [0.4, 0.5) is 4.79 Å². The van der Waals surface area contributed by atoms with Crippen LogP contribution in [0.5, 0.6) is 0 Å². The zero-order chi connectivity index (χ0) is 21.6. The fourth-order valence-electron chi connectivity index (χ4n) is 5.36. The molecule has 164 valence electrons. The van der Waals surface area contributed by atoms with Gasteiger partial charge in [-0.3, -0.25) is 0 Å². The Balaban J connectivity index is 1.56. The van der Waals surface area contributed by atoms with Gasteiger partial charge in [0.2, 0.25) is 10.0 Å². The van der Waals surface area contributed by atoms with Crippen LogP contribution in [0.15, 0.2) is 48.5 Å². The van der Waals surface area contributed by atoms with Crippen molar-refractivity contribution in [2.45, 2.75) is 50.2 Å². The van der Waals surface area contributed by atoms with E-state index in [4.69, 9.17) is 0 Å². The lowest BCUT2D eigenvalue weighted by Gasteiger charge is -2.44. The predicted octanol–water partition coefficient (Wildman–Crippen LogP) is 3.03. The number of benzene rings is 2. The number of rotatable bonds is 2. The first kappa shape index (κ1) is 20.5. The van der Waals surface area contributed by atoms with E-state index in [1.165, 1.54) is 22.9 Å². The largest absolute Gasteiger partial charge is 0.322 e. The van der Waals surface area contributed by atoms with Gasteiger partial charge in [0, 0.05) is 25.2 Å². The van der Waals surface area contributed by atoms with E-state index >= 15 is 0 Å². The minimum atomic E-state index is -3.35. The van der Waals surface area contributed by atoms with Gasteiger partial charge in [-0.15, -0.1) is 0 Å².